The van der Waals surface area contributed by atoms with Crippen LogP contribution in [-0.4, -0.2) is 41.7 Å². The Kier molecular flexibility index (Phi) is 6.03. The van der Waals surface area contributed by atoms with Crippen LogP contribution in [0.25, 0.3) is 0 Å². The third kappa shape index (κ3) is 4.34. The number of furan rings is 1. The molecule has 1 atom stereocenters. The normalized spacial score (nSPS) is 18.9. The molecule has 0 saturated heterocycles. The largest absolute Gasteiger partial charge is 0.467 e. The van der Waals surface area contributed by atoms with E-state index in [0.717, 1.165) is 18.6 Å². The fourth-order valence-electron chi connectivity index (χ4n) is 3.21. The Labute approximate surface area is 132 Å². The van der Waals surface area contributed by atoms with Crippen LogP contribution in [0.4, 0.5) is 0 Å². The number of aliphatic hydroxyl groups is 1. The van der Waals surface area contributed by atoms with Gasteiger partial charge in [-0.05, 0) is 37.8 Å². The molecule has 0 aliphatic heterocycles. The summed E-state index contributed by atoms with van der Waals surface area (Å²) in [6.07, 6.45) is 7.57. The van der Waals surface area contributed by atoms with Crippen molar-refractivity contribution in [2.24, 2.45) is 5.92 Å². The molecular formula is C17H28N2O3. The molecule has 124 valence electrons. The first-order valence-electron chi connectivity index (χ1n) is 8.17. The van der Waals surface area contributed by atoms with Gasteiger partial charge < -0.3 is 19.7 Å². The lowest BCUT2D eigenvalue weighted by Gasteiger charge is -2.39. The van der Waals surface area contributed by atoms with Crippen molar-refractivity contribution in [2.75, 3.05) is 20.2 Å². The van der Waals surface area contributed by atoms with Crippen molar-refractivity contribution in [3.63, 3.8) is 0 Å². The third-order valence-electron chi connectivity index (χ3n) is 4.88. The molecule has 1 aromatic rings. The molecule has 0 bridgehead atoms. The van der Waals surface area contributed by atoms with Gasteiger partial charge in [-0.3, -0.25) is 4.79 Å². The van der Waals surface area contributed by atoms with E-state index < -0.39 is 0 Å². The minimum absolute atomic E-state index is 0.00637. The fourth-order valence-corrected chi connectivity index (χ4v) is 3.21. The molecule has 2 N–H and O–H groups in total. The van der Waals surface area contributed by atoms with Gasteiger partial charge in [0.05, 0.1) is 26.0 Å². The van der Waals surface area contributed by atoms with E-state index in [2.05, 4.69) is 5.32 Å². The van der Waals surface area contributed by atoms with E-state index in [-0.39, 0.29) is 24.6 Å². The quantitative estimate of drug-likeness (QED) is 0.810. The van der Waals surface area contributed by atoms with Crippen molar-refractivity contribution in [1.29, 1.82) is 0 Å². The summed E-state index contributed by atoms with van der Waals surface area (Å²) in [5.74, 6) is 1.22. The Morgan fingerprint density at radius 2 is 2.18 bits per heavy atom. The highest BCUT2D eigenvalue weighted by Crippen LogP contribution is 2.32. The number of hydrogen-bond donors (Lipinski definition) is 2. The highest BCUT2D eigenvalue weighted by molar-refractivity contribution is 5.78. The van der Waals surface area contributed by atoms with Crippen molar-refractivity contribution in [3.8, 4) is 0 Å². The van der Waals surface area contributed by atoms with Gasteiger partial charge in [0.25, 0.3) is 0 Å². The zero-order valence-corrected chi connectivity index (χ0v) is 13.7. The fraction of sp³-hybridized carbons (Fsp3) is 0.706. The van der Waals surface area contributed by atoms with Gasteiger partial charge in [0.15, 0.2) is 0 Å². The zero-order chi connectivity index (χ0) is 16.0. The van der Waals surface area contributed by atoms with Gasteiger partial charge in [0.1, 0.15) is 5.76 Å². The number of aliphatic hydroxyl groups excluding tert-OH is 1. The maximum atomic E-state index is 12.3. The Morgan fingerprint density at radius 3 is 2.77 bits per heavy atom. The number of nitrogens with one attached hydrogen (secondary N) is 1. The van der Waals surface area contributed by atoms with E-state index in [1.165, 1.54) is 19.3 Å². The van der Waals surface area contributed by atoms with E-state index in [1.54, 1.807) is 18.2 Å². The molecule has 1 aliphatic rings. The second-order valence-corrected chi connectivity index (χ2v) is 6.59. The van der Waals surface area contributed by atoms with Crippen LogP contribution in [0.5, 0.6) is 0 Å². The maximum Gasteiger partial charge on any atom is 0.236 e. The first-order chi connectivity index (χ1) is 10.5. The smallest absolute Gasteiger partial charge is 0.236 e. The van der Waals surface area contributed by atoms with E-state index in [0.29, 0.717) is 12.5 Å². The van der Waals surface area contributed by atoms with Crippen LogP contribution in [-0.2, 0) is 11.3 Å². The van der Waals surface area contributed by atoms with E-state index in [9.17, 15) is 9.90 Å². The summed E-state index contributed by atoms with van der Waals surface area (Å²) < 4.78 is 5.26. The summed E-state index contributed by atoms with van der Waals surface area (Å²) in [6.45, 7) is 2.80. The summed E-state index contributed by atoms with van der Waals surface area (Å²) in [6, 6.07) is 3.68. The second kappa shape index (κ2) is 7.79. The van der Waals surface area contributed by atoms with Crippen LogP contribution in [0.2, 0.25) is 0 Å². The average molecular weight is 308 g/mol. The van der Waals surface area contributed by atoms with Crippen molar-refractivity contribution in [1.82, 2.24) is 10.2 Å². The second-order valence-electron chi connectivity index (χ2n) is 6.59. The monoisotopic (exact) mass is 308 g/mol. The zero-order valence-electron chi connectivity index (χ0n) is 13.7. The molecule has 22 heavy (non-hydrogen) atoms. The molecule has 0 unspecified atom stereocenters. The first-order valence-corrected chi connectivity index (χ1v) is 8.17. The molecular weight excluding hydrogens is 280 g/mol. The molecule has 5 heteroatoms. The van der Waals surface area contributed by atoms with Gasteiger partial charge in [-0.15, -0.1) is 0 Å². The Morgan fingerprint density at radius 1 is 1.45 bits per heavy atom. The molecule has 5 nitrogen and oxygen atoms in total. The maximum absolute atomic E-state index is 12.3. The van der Waals surface area contributed by atoms with Crippen molar-refractivity contribution >= 4 is 5.91 Å². The molecule has 1 amide bonds. The van der Waals surface area contributed by atoms with Crippen molar-refractivity contribution < 1.29 is 14.3 Å². The summed E-state index contributed by atoms with van der Waals surface area (Å²) in [5, 5.41) is 13.1. The average Bonchev–Trinajstić information content (AvgIpc) is 3.06. The molecule has 1 heterocycles. The third-order valence-corrected chi connectivity index (χ3v) is 4.88. The Hall–Kier alpha value is -1.33. The number of carbonyl (C=O) groups is 1. The van der Waals surface area contributed by atoms with Crippen LogP contribution in [0.15, 0.2) is 22.8 Å². The first kappa shape index (κ1) is 17.0. The summed E-state index contributed by atoms with van der Waals surface area (Å²) in [7, 11) is 1.77. The number of hydrogen-bond acceptors (Lipinski definition) is 4. The molecule has 0 radical (unpaired) electrons. The standard InChI is InChI=1S/C17H28N2O3/c1-17(13-20,14-7-4-3-5-8-14)18-11-16(21)19(2)12-15-9-6-10-22-15/h6,9-10,14,18,20H,3-5,7-8,11-13H2,1-2H3/t17-/m1/s1. The minimum Gasteiger partial charge on any atom is -0.467 e. The topological polar surface area (TPSA) is 65.7 Å². The van der Waals surface area contributed by atoms with Gasteiger partial charge in [-0.2, -0.15) is 0 Å². The molecule has 0 aromatic carbocycles. The Balaban J connectivity index is 1.84. The lowest BCUT2D eigenvalue weighted by atomic mass is 9.76. The predicted octanol–water partition coefficient (Wildman–Crippen LogP) is 2.16. The lowest BCUT2D eigenvalue weighted by Crippen LogP contribution is -2.55. The number of likely N-dealkylation sites (N-methyl/N-ethyl adjacent to an activating group) is 1. The highest BCUT2D eigenvalue weighted by atomic mass is 16.3. The van der Waals surface area contributed by atoms with Crippen LogP contribution in [0, 0.1) is 5.92 Å². The lowest BCUT2D eigenvalue weighted by molar-refractivity contribution is -0.130. The molecule has 1 fully saturated rings. The Bertz CT molecular complexity index is 454. The number of rotatable bonds is 7. The van der Waals surface area contributed by atoms with Gasteiger partial charge in [-0.25, -0.2) is 0 Å². The molecule has 1 aromatic heterocycles. The number of nitrogens with zero attached hydrogens (tertiary/aromatic N) is 1. The van der Waals surface area contributed by atoms with Crippen LogP contribution < -0.4 is 5.32 Å². The molecule has 1 saturated carbocycles. The van der Waals surface area contributed by atoms with Gasteiger partial charge in [0.2, 0.25) is 5.91 Å². The molecule has 0 spiro atoms. The summed E-state index contributed by atoms with van der Waals surface area (Å²) >= 11 is 0. The van der Waals surface area contributed by atoms with E-state index in [4.69, 9.17) is 4.42 Å². The van der Waals surface area contributed by atoms with Gasteiger partial charge >= 0.3 is 0 Å². The summed E-state index contributed by atoms with van der Waals surface area (Å²) in [5.41, 5.74) is -0.373. The van der Waals surface area contributed by atoms with Crippen LogP contribution in [0.1, 0.15) is 44.8 Å². The SMILES string of the molecule is CN(Cc1ccco1)C(=O)CN[C@](C)(CO)C1CCCCC1. The van der Waals surface area contributed by atoms with Crippen molar-refractivity contribution in [2.45, 2.75) is 51.1 Å². The van der Waals surface area contributed by atoms with Gasteiger partial charge in [0, 0.05) is 12.6 Å². The number of carbonyl (C=O) groups excluding carboxylic acids is 1. The minimum atomic E-state index is -0.373. The number of amides is 1. The highest BCUT2D eigenvalue weighted by Gasteiger charge is 2.34. The molecule has 2 rings (SSSR count). The van der Waals surface area contributed by atoms with E-state index >= 15 is 0 Å². The summed E-state index contributed by atoms with van der Waals surface area (Å²) in [4.78, 5) is 13.9. The van der Waals surface area contributed by atoms with Crippen molar-refractivity contribution in [3.05, 3.63) is 24.2 Å². The van der Waals surface area contributed by atoms with Crippen LogP contribution in [0.3, 0.4) is 0 Å². The van der Waals surface area contributed by atoms with Crippen LogP contribution >= 0.6 is 0 Å². The van der Waals surface area contributed by atoms with E-state index in [1.807, 2.05) is 19.1 Å². The predicted molar refractivity (Wildman–Crippen MR) is 85.3 cm³/mol. The van der Waals surface area contributed by atoms with Gasteiger partial charge in [-0.1, -0.05) is 19.3 Å². The molecule has 1 aliphatic carbocycles.